The maximum absolute atomic E-state index is 13.0. The average Bonchev–Trinajstić information content (AvgIpc) is 2.80. The fraction of sp³-hybridized carbons (Fsp3) is 0.857. The van der Waals surface area contributed by atoms with Gasteiger partial charge in [0.25, 0.3) is 0 Å². The van der Waals surface area contributed by atoms with Gasteiger partial charge in [-0.05, 0) is 69.1 Å². The minimum absolute atomic E-state index is 0.102. The van der Waals surface area contributed by atoms with Gasteiger partial charge >= 0.3 is 23.9 Å². The molecule has 0 amide bonds. The first-order chi connectivity index (χ1) is 16.9. The van der Waals surface area contributed by atoms with E-state index in [1.165, 1.54) is 0 Å². The van der Waals surface area contributed by atoms with Gasteiger partial charge in [0, 0.05) is 0 Å². The highest BCUT2D eigenvalue weighted by Gasteiger charge is 2.50. The fourth-order valence-corrected chi connectivity index (χ4v) is 4.57. The predicted octanol–water partition coefficient (Wildman–Crippen LogP) is 5.27. The van der Waals surface area contributed by atoms with Gasteiger partial charge in [0.15, 0.2) is 0 Å². The van der Waals surface area contributed by atoms with Crippen LogP contribution in [0.5, 0.6) is 0 Å². The van der Waals surface area contributed by atoms with Crippen molar-refractivity contribution in [3.05, 3.63) is 0 Å². The van der Waals surface area contributed by atoms with Crippen molar-refractivity contribution in [2.75, 3.05) is 19.8 Å². The fourth-order valence-electron chi connectivity index (χ4n) is 4.57. The van der Waals surface area contributed by atoms with E-state index in [2.05, 4.69) is 41.5 Å². The van der Waals surface area contributed by atoms with Crippen molar-refractivity contribution in [3.63, 3.8) is 0 Å². The highest BCUT2D eigenvalue weighted by molar-refractivity contribution is 5.87. The molecule has 0 saturated heterocycles. The van der Waals surface area contributed by atoms with Gasteiger partial charge in [-0.2, -0.15) is 0 Å². The van der Waals surface area contributed by atoms with Crippen LogP contribution in [0.3, 0.4) is 0 Å². The van der Waals surface area contributed by atoms with Crippen LogP contribution < -0.4 is 0 Å². The lowest BCUT2D eigenvalue weighted by molar-refractivity contribution is -0.174. The van der Waals surface area contributed by atoms with Crippen molar-refractivity contribution in [1.82, 2.24) is 0 Å². The Morgan fingerprint density at radius 2 is 0.861 bits per heavy atom. The Labute approximate surface area is 216 Å². The number of esters is 3. The van der Waals surface area contributed by atoms with E-state index >= 15 is 0 Å². The number of ether oxygens (including phenoxy) is 3. The Bertz CT molecular complexity index is 700. The Morgan fingerprint density at radius 3 is 1.14 bits per heavy atom. The molecule has 0 aromatic rings. The van der Waals surface area contributed by atoms with Gasteiger partial charge in [-0.25, -0.2) is 0 Å². The zero-order chi connectivity index (χ0) is 27.3. The zero-order valence-electron chi connectivity index (χ0n) is 23.1. The largest absolute Gasteiger partial charge is 0.481 e. The SMILES string of the molecule is CC(C)CCCOC(=O)C1CC(C(=O)OCCCC(C)C)C(C(=O)OCCCC(C)C)CC1C(=O)O. The molecular weight excluding hydrogens is 464 g/mol. The van der Waals surface area contributed by atoms with E-state index in [1.807, 2.05) is 0 Å². The highest BCUT2D eigenvalue weighted by Crippen LogP contribution is 2.40. The second kappa shape index (κ2) is 16.6. The second-order valence-corrected chi connectivity index (χ2v) is 11.3. The molecule has 1 aliphatic rings. The van der Waals surface area contributed by atoms with Crippen LogP contribution in [0.2, 0.25) is 0 Å². The second-order valence-electron chi connectivity index (χ2n) is 11.3. The summed E-state index contributed by atoms with van der Waals surface area (Å²) in [5, 5.41) is 9.85. The van der Waals surface area contributed by atoms with Gasteiger partial charge in [0.2, 0.25) is 0 Å². The van der Waals surface area contributed by atoms with Crippen LogP contribution in [0, 0.1) is 41.4 Å². The Balaban J connectivity index is 2.96. The molecule has 208 valence electrons. The molecule has 1 aliphatic carbocycles. The number of hydrogen-bond donors (Lipinski definition) is 1. The third-order valence-electron chi connectivity index (χ3n) is 6.72. The number of carboxylic acid groups (broad SMARTS) is 1. The van der Waals surface area contributed by atoms with Crippen molar-refractivity contribution in [1.29, 1.82) is 0 Å². The molecule has 8 nitrogen and oxygen atoms in total. The monoisotopic (exact) mass is 512 g/mol. The minimum Gasteiger partial charge on any atom is -0.481 e. The summed E-state index contributed by atoms with van der Waals surface area (Å²) in [4.78, 5) is 50.9. The van der Waals surface area contributed by atoms with Gasteiger partial charge in [-0.3, -0.25) is 19.2 Å². The molecule has 0 heterocycles. The van der Waals surface area contributed by atoms with E-state index in [4.69, 9.17) is 14.2 Å². The molecule has 1 saturated carbocycles. The van der Waals surface area contributed by atoms with Gasteiger partial charge < -0.3 is 19.3 Å². The summed E-state index contributed by atoms with van der Waals surface area (Å²) in [5.74, 6) is -5.63. The number of carbonyl (C=O) groups is 4. The van der Waals surface area contributed by atoms with E-state index < -0.39 is 47.5 Å². The summed E-state index contributed by atoms with van der Waals surface area (Å²) in [7, 11) is 0. The van der Waals surface area contributed by atoms with E-state index in [0.29, 0.717) is 37.0 Å². The van der Waals surface area contributed by atoms with Crippen LogP contribution in [0.25, 0.3) is 0 Å². The molecule has 0 bridgehead atoms. The molecule has 0 aliphatic heterocycles. The Kier molecular flexibility index (Phi) is 14.7. The lowest BCUT2D eigenvalue weighted by atomic mass is 9.68. The first-order valence-electron chi connectivity index (χ1n) is 13.7. The molecule has 0 aromatic carbocycles. The van der Waals surface area contributed by atoms with Crippen LogP contribution >= 0.6 is 0 Å². The van der Waals surface area contributed by atoms with Crippen molar-refractivity contribution in [2.24, 2.45) is 41.4 Å². The van der Waals surface area contributed by atoms with Gasteiger partial charge in [0.1, 0.15) is 0 Å². The summed E-state index contributed by atoms with van der Waals surface area (Å²) >= 11 is 0. The van der Waals surface area contributed by atoms with E-state index in [0.717, 1.165) is 19.3 Å². The van der Waals surface area contributed by atoms with Crippen LogP contribution in [0.15, 0.2) is 0 Å². The Morgan fingerprint density at radius 1 is 0.583 bits per heavy atom. The molecule has 1 fully saturated rings. The molecule has 0 radical (unpaired) electrons. The maximum atomic E-state index is 13.0. The topological polar surface area (TPSA) is 116 Å². The average molecular weight is 513 g/mol. The number of carbonyl (C=O) groups excluding carboxylic acids is 3. The van der Waals surface area contributed by atoms with Gasteiger partial charge in [-0.15, -0.1) is 0 Å². The molecule has 1 N–H and O–H groups in total. The van der Waals surface area contributed by atoms with Gasteiger partial charge in [-0.1, -0.05) is 41.5 Å². The molecule has 4 atom stereocenters. The van der Waals surface area contributed by atoms with Crippen molar-refractivity contribution in [3.8, 4) is 0 Å². The number of aliphatic carboxylic acids is 1. The van der Waals surface area contributed by atoms with E-state index in [-0.39, 0.29) is 32.7 Å². The predicted molar refractivity (Wildman–Crippen MR) is 136 cm³/mol. The maximum Gasteiger partial charge on any atom is 0.309 e. The zero-order valence-corrected chi connectivity index (χ0v) is 23.1. The van der Waals surface area contributed by atoms with Crippen molar-refractivity contribution in [2.45, 2.75) is 92.9 Å². The number of hydrogen-bond acceptors (Lipinski definition) is 7. The third-order valence-corrected chi connectivity index (χ3v) is 6.72. The summed E-state index contributed by atoms with van der Waals surface area (Å²) in [5.41, 5.74) is 0. The third kappa shape index (κ3) is 11.7. The summed E-state index contributed by atoms with van der Waals surface area (Å²) in [6, 6.07) is 0. The molecule has 4 unspecified atom stereocenters. The molecule has 1 rings (SSSR count). The quantitative estimate of drug-likeness (QED) is 0.169. The van der Waals surface area contributed by atoms with Crippen LogP contribution in [-0.4, -0.2) is 48.8 Å². The van der Waals surface area contributed by atoms with Crippen molar-refractivity contribution < 1.29 is 38.5 Å². The van der Waals surface area contributed by atoms with E-state index in [9.17, 15) is 24.3 Å². The smallest absolute Gasteiger partial charge is 0.309 e. The first kappa shape index (κ1) is 31.9. The lowest BCUT2D eigenvalue weighted by Crippen LogP contribution is -2.46. The summed E-state index contributed by atoms with van der Waals surface area (Å²) < 4.78 is 16.3. The van der Waals surface area contributed by atoms with Crippen LogP contribution in [0.1, 0.15) is 92.9 Å². The molecule has 0 spiro atoms. The first-order valence-corrected chi connectivity index (χ1v) is 13.7. The number of carboxylic acids is 1. The van der Waals surface area contributed by atoms with Crippen molar-refractivity contribution >= 4 is 23.9 Å². The highest BCUT2D eigenvalue weighted by atomic mass is 16.5. The Hall–Kier alpha value is -2.12. The van der Waals surface area contributed by atoms with Gasteiger partial charge in [0.05, 0.1) is 43.5 Å². The lowest BCUT2D eigenvalue weighted by Gasteiger charge is -2.36. The molecular formula is C28H48O8. The minimum atomic E-state index is -1.18. The molecule has 0 aromatic heterocycles. The van der Waals surface area contributed by atoms with Crippen LogP contribution in [-0.2, 0) is 33.4 Å². The summed E-state index contributed by atoms with van der Waals surface area (Å²) in [6.45, 7) is 13.1. The van der Waals surface area contributed by atoms with E-state index in [1.54, 1.807) is 0 Å². The molecule has 36 heavy (non-hydrogen) atoms. The normalized spacial score (nSPS) is 22.0. The summed E-state index contributed by atoms with van der Waals surface area (Å²) in [6.07, 6.45) is 4.47. The standard InChI is InChI=1S/C28H48O8/c1-18(2)10-7-13-34-26(31)22-17-24(28(33)36-15-9-12-20(5)6)23(16-21(22)25(29)30)27(32)35-14-8-11-19(3)4/h18-24H,7-17H2,1-6H3,(H,29,30). The van der Waals surface area contributed by atoms with Crippen LogP contribution in [0.4, 0.5) is 0 Å². The molecule has 8 heteroatoms. The number of rotatable bonds is 16.